The van der Waals surface area contributed by atoms with Gasteiger partial charge in [0.1, 0.15) is 0 Å². The third-order valence-corrected chi connectivity index (χ3v) is 13.6. The van der Waals surface area contributed by atoms with Crippen molar-refractivity contribution in [2.75, 3.05) is 23.7 Å². The van der Waals surface area contributed by atoms with Crippen molar-refractivity contribution in [3.63, 3.8) is 0 Å². The molecule has 4 aromatic heterocycles. The van der Waals surface area contributed by atoms with Crippen LogP contribution in [0.4, 0.5) is 37.7 Å². The van der Waals surface area contributed by atoms with Crippen molar-refractivity contribution in [3.05, 3.63) is 154 Å². The number of anilines is 2. The number of carboxylic acid groups (broad SMARTS) is 2. The highest BCUT2D eigenvalue weighted by molar-refractivity contribution is 5.98. The fraction of sp³-hybridized carbons (Fsp3) is 0.276. The Morgan fingerprint density at radius 3 is 1.15 bits per heavy atom. The molecule has 2 aliphatic carbocycles. The number of carbonyl (C=O) groups is 4. The van der Waals surface area contributed by atoms with Crippen LogP contribution in [0, 0.1) is 27.7 Å². The average molecular weight is 1070 g/mol. The highest BCUT2D eigenvalue weighted by Crippen LogP contribution is 2.35. The number of halogens is 6. The number of hydrogen-bond donors (Lipinski definition) is 6. The first-order valence-electron chi connectivity index (χ1n) is 25.2. The van der Waals surface area contributed by atoms with Crippen LogP contribution in [-0.2, 0) is 0 Å². The van der Waals surface area contributed by atoms with E-state index in [-0.39, 0.29) is 48.1 Å². The van der Waals surface area contributed by atoms with Crippen LogP contribution >= 0.6 is 0 Å². The maximum absolute atomic E-state index is 13.0. The van der Waals surface area contributed by atoms with Gasteiger partial charge in [-0.05, 0) is 135 Å². The molecule has 8 aromatic rings. The molecule has 6 N–H and O–H groups in total. The highest BCUT2D eigenvalue weighted by Gasteiger charge is 2.29. The molecule has 0 radical (unpaired) electrons. The van der Waals surface area contributed by atoms with Crippen molar-refractivity contribution in [2.24, 2.45) is 0 Å². The number of nitrogens with one attached hydrogen (secondary N) is 4. The summed E-state index contributed by atoms with van der Waals surface area (Å²) in [6, 6.07) is 24.8. The fourth-order valence-corrected chi connectivity index (χ4v) is 9.16. The molecule has 2 amide bonds. The van der Waals surface area contributed by atoms with Gasteiger partial charge in [0.25, 0.3) is 11.8 Å². The molecular weight excluding hydrogens is 1020 g/mol. The van der Waals surface area contributed by atoms with Gasteiger partial charge in [-0.2, -0.15) is 26.3 Å². The standard InChI is InChI=1S/C32H32F3N5O2.C26H22F3N3O4/c1-18-13-20(3-9-25(18)30(41)38-23-5-6-23)22-15-27(36-12-11-32(33,34)35)29-37-16-28(40(29)17-22)21-4-10-26(19(2)14-21)31(42)39-24-7-8-24;1-14-9-16(3-5-19(14)24(33)34)18-11-21(30-8-7-26(27,28)29)23-31-12-22(32(23)13-18)17-4-6-20(25(35)36)15(2)10-17/h3-4,9-10,13-17,23-24,36H,5-8,11-12H2,1-2H3,(H,38,41)(H,39,42);3-6,9-13,30H,7-8H2,1-2H3,(H,33,34)(H,35,36). The van der Waals surface area contributed by atoms with Crippen LogP contribution in [0.2, 0.25) is 0 Å². The summed E-state index contributed by atoms with van der Waals surface area (Å²) in [6.45, 7) is 6.45. The molecular formula is C58H54F6N8O6. The van der Waals surface area contributed by atoms with Crippen LogP contribution < -0.4 is 21.3 Å². The zero-order chi connectivity index (χ0) is 55.8. The van der Waals surface area contributed by atoms with Crippen LogP contribution in [-0.4, -0.2) is 90.3 Å². The number of carbonyl (C=O) groups excluding carboxylic acids is 2. The van der Waals surface area contributed by atoms with Gasteiger partial charge in [0.05, 0.1) is 59.1 Å². The predicted molar refractivity (Wildman–Crippen MR) is 284 cm³/mol. The van der Waals surface area contributed by atoms with Gasteiger partial charge in [-0.1, -0.05) is 36.4 Å². The molecule has 0 unspecified atom stereocenters. The smallest absolute Gasteiger partial charge is 0.390 e. The van der Waals surface area contributed by atoms with E-state index in [2.05, 4.69) is 31.2 Å². The Morgan fingerprint density at radius 2 is 0.833 bits per heavy atom. The molecule has 78 heavy (non-hydrogen) atoms. The molecule has 2 fully saturated rings. The summed E-state index contributed by atoms with van der Waals surface area (Å²) < 4.78 is 80.7. The van der Waals surface area contributed by atoms with Crippen LogP contribution in [0.5, 0.6) is 0 Å². The van der Waals surface area contributed by atoms with Crippen molar-refractivity contribution < 1.29 is 55.7 Å². The van der Waals surface area contributed by atoms with Crippen LogP contribution in [0.3, 0.4) is 0 Å². The number of carboxylic acids is 2. The molecule has 10 rings (SSSR count). The van der Waals surface area contributed by atoms with Gasteiger partial charge in [0.2, 0.25) is 0 Å². The Labute approximate surface area is 443 Å². The first-order chi connectivity index (χ1) is 37.0. The van der Waals surface area contributed by atoms with Gasteiger partial charge in [-0.25, -0.2) is 19.6 Å². The number of amides is 2. The van der Waals surface area contributed by atoms with Gasteiger partial charge in [0.15, 0.2) is 11.3 Å². The Balaban J connectivity index is 0.000000192. The number of pyridine rings is 2. The molecule has 0 bridgehead atoms. The zero-order valence-electron chi connectivity index (χ0n) is 42.8. The van der Waals surface area contributed by atoms with E-state index < -0.39 is 37.1 Å². The molecule has 4 aromatic carbocycles. The molecule has 0 atom stereocenters. The summed E-state index contributed by atoms with van der Waals surface area (Å²) in [4.78, 5) is 57.1. The largest absolute Gasteiger partial charge is 0.478 e. The second kappa shape index (κ2) is 21.7. The molecule has 0 aliphatic heterocycles. The Hall–Kier alpha value is -8.68. The van der Waals surface area contributed by atoms with E-state index in [4.69, 9.17) is 0 Å². The minimum atomic E-state index is -4.32. The number of fused-ring (bicyclic) bond motifs is 2. The monoisotopic (exact) mass is 1070 g/mol. The summed E-state index contributed by atoms with van der Waals surface area (Å²) in [5.74, 6) is -2.30. The van der Waals surface area contributed by atoms with E-state index in [0.29, 0.717) is 67.3 Å². The molecule has 14 nitrogen and oxygen atoms in total. The number of aromatic nitrogens is 4. The molecule has 2 saturated carbocycles. The van der Waals surface area contributed by atoms with Crippen LogP contribution in [0.1, 0.15) is 102 Å². The Bertz CT molecular complexity index is 3650. The lowest BCUT2D eigenvalue weighted by molar-refractivity contribution is -0.132. The lowest BCUT2D eigenvalue weighted by Crippen LogP contribution is -2.26. The van der Waals surface area contributed by atoms with Gasteiger partial charge >= 0.3 is 24.3 Å². The number of benzene rings is 4. The summed E-state index contributed by atoms with van der Waals surface area (Å²) in [5, 5.41) is 30.4. The number of alkyl halides is 6. The number of aryl methyl sites for hydroxylation is 4. The van der Waals surface area contributed by atoms with E-state index >= 15 is 0 Å². The highest BCUT2D eigenvalue weighted by atomic mass is 19.4. The van der Waals surface area contributed by atoms with E-state index in [1.165, 1.54) is 12.1 Å². The average Bonchev–Trinajstić information content (AvgIpc) is 4.42. The fourth-order valence-electron chi connectivity index (χ4n) is 9.16. The van der Waals surface area contributed by atoms with Crippen molar-refractivity contribution in [2.45, 2.75) is 90.7 Å². The molecule has 2 aliphatic rings. The van der Waals surface area contributed by atoms with Gasteiger partial charge in [-0.3, -0.25) is 18.4 Å². The predicted octanol–water partition coefficient (Wildman–Crippen LogP) is 12.5. The topological polar surface area (TPSA) is 191 Å². The van der Waals surface area contributed by atoms with Crippen LogP contribution in [0.15, 0.2) is 110 Å². The lowest BCUT2D eigenvalue weighted by atomic mass is 10.00. The summed E-state index contributed by atoms with van der Waals surface area (Å²) in [5.41, 5.74) is 11.7. The maximum atomic E-state index is 13.0. The first kappa shape index (κ1) is 54.1. The van der Waals surface area contributed by atoms with Gasteiger partial charge < -0.3 is 31.5 Å². The van der Waals surface area contributed by atoms with Gasteiger partial charge in [-0.15, -0.1) is 0 Å². The molecule has 0 spiro atoms. The first-order valence-corrected chi connectivity index (χ1v) is 25.2. The minimum Gasteiger partial charge on any atom is -0.478 e. The van der Waals surface area contributed by atoms with Gasteiger partial charge in [0, 0.05) is 70.9 Å². The second-order valence-electron chi connectivity index (χ2n) is 19.8. The zero-order valence-corrected chi connectivity index (χ0v) is 42.8. The number of nitrogens with zero attached hydrogens (tertiary/aromatic N) is 4. The van der Waals surface area contributed by atoms with Crippen molar-refractivity contribution in [1.82, 2.24) is 29.4 Å². The molecule has 404 valence electrons. The van der Waals surface area contributed by atoms with E-state index in [1.807, 2.05) is 48.7 Å². The summed E-state index contributed by atoms with van der Waals surface area (Å²) in [7, 11) is 0. The van der Waals surface area contributed by atoms with E-state index in [1.54, 1.807) is 85.4 Å². The quantitative estimate of drug-likeness (QED) is 0.0508. The lowest BCUT2D eigenvalue weighted by Gasteiger charge is -2.15. The number of hydrogen-bond acceptors (Lipinski definition) is 8. The van der Waals surface area contributed by atoms with Crippen molar-refractivity contribution >= 4 is 46.4 Å². The third-order valence-electron chi connectivity index (χ3n) is 13.6. The summed E-state index contributed by atoms with van der Waals surface area (Å²) >= 11 is 0. The molecule has 20 heteroatoms. The normalized spacial score (nSPS) is 13.5. The SMILES string of the molecule is Cc1cc(-c2cc(NCCC(F)(F)F)c3ncc(-c4ccc(C(=O)NC5CC5)c(C)c4)n3c2)ccc1C(=O)NC1CC1.Cc1cc(-c2cc(NCCC(F)(F)F)c3ncc(-c4ccc(C(=O)O)c(C)c4)n3c2)ccc1C(=O)O. The Kier molecular flexibility index (Phi) is 15.1. The second-order valence-corrected chi connectivity index (χ2v) is 19.8. The van der Waals surface area contributed by atoms with Crippen molar-refractivity contribution in [3.8, 4) is 44.8 Å². The number of imidazole rings is 2. The minimum absolute atomic E-state index is 0.0947. The number of rotatable bonds is 16. The number of aromatic carboxylic acids is 2. The molecule has 4 heterocycles. The van der Waals surface area contributed by atoms with E-state index in [0.717, 1.165) is 59.2 Å². The summed E-state index contributed by atoms with van der Waals surface area (Å²) in [6.07, 6.45) is 0.289. The maximum Gasteiger partial charge on any atom is 0.390 e. The third kappa shape index (κ3) is 12.6. The van der Waals surface area contributed by atoms with Crippen LogP contribution in [0.25, 0.3) is 56.1 Å². The van der Waals surface area contributed by atoms with Crippen molar-refractivity contribution in [1.29, 1.82) is 0 Å². The Morgan fingerprint density at radius 1 is 0.500 bits per heavy atom. The van der Waals surface area contributed by atoms with E-state index in [9.17, 15) is 55.7 Å². The molecule has 0 saturated heterocycles.